The van der Waals surface area contributed by atoms with Crippen molar-refractivity contribution in [2.24, 2.45) is 5.73 Å². The molecule has 11 heteroatoms. The van der Waals surface area contributed by atoms with E-state index in [0.717, 1.165) is 9.80 Å². The first kappa shape index (κ1) is 20.9. The van der Waals surface area contributed by atoms with E-state index in [1.54, 1.807) is 0 Å². The van der Waals surface area contributed by atoms with Crippen LogP contribution >= 0.6 is 0 Å². The molecule has 3 N–H and O–H groups in total. The summed E-state index contributed by atoms with van der Waals surface area (Å²) in [6, 6.07) is 3.10. The molecular formula is C18H19F3N4O4. The fraction of sp³-hybridized carbons (Fsp3) is 0.444. The summed E-state index contributed by atoms with van der Waals surface area (Å²) < 4.78 is 38.2. The quantitative estimate of drug-likeness (QED) is 0.655. The molecule has 156 valence electrons. The zero-order valence-electron chi connectivity index (χ0n) is 15.3. The van der Waals surface area contributed by atoms with E-state index in [-0.39, 0.29) is 43.6 Å². The number of alkyl halides is 3. The van der Waals surface area contributed by atoms with Crippen molar-refractivity contribution in [2.75, 3.05) is 19.6 Å². The molecule has 0 bridgehead atoms. The smallest absolute Gasteiger partial charge is 0.329 e. The van der Waals surface area contributed by atoms with E-state index >= 15 is 0 Å². The van der Waals surface area contributed by atoms with Gasteiger partial charge >= 0.3 is 6.18 Å². The number of nitrogens with two attached hydrogens (primary N) is 1. The number of hydrogen-bond acceptors (Lipinski definition) is 6. The second-order valence-corrected chi connectivity index (χ2v) is 6.94. The Morgan fingerprint density at radius 1 is 1.14 bits per heavy atom. The molecule has 2 aliphatic heterocycles. The fourth-order valence-electron chi connectivity index (χ4n) is 3.52. The first-order valence-corrected chi connectivity index (χ1v) is 8.94. The Morgan fingerprint density at radius 2 is 1.83 bits per heavy atom. The number of benzene rings is 1. The Bertz CT molecular complexity index is 871. The molecule has 0 spiro atoms. The molecule has 1 unspecified atom stereocenters. The lowest BCUT2D eigenvalue weighted by molar-refractivity contribution is -0.146. The molecule has 3 rings (SSSR count). The highest BCUT2D eigenvalue weighted by Gasteiger charge is 2.44. The minimum Gasteiger partial charge on any atom is -0.329 e. The van der Waals surface area contributed by atoms with Crippen molar-refractivity contribution in [1.29, 1.82) is 0 Å². The molecule has 4 amide bonds. The van der Waals surface area contributed by atoms with Gasteiger partial charge in [-0.2, -0.15) is 13.2 Å². The van der Waals surface area contributed by atoms with E-state index in [0.29, 0.717) is 5.56 Å². The Labute approximate surface area is 163 Å². The number of halogens is 3. The van der Waals surface area contributed by atoms with Crippen LogP contribution in [0.25, 0.3) is 0 Å². The first-order chi connectivity index (χ1) is 13.6. The maximum atomic E-state index is 12.8. The molecule has 1 saturated heterocycles. The van der Waals surface area contributed by atoms with Crippen LogP contribution in [-0.2, 0) is 16.1 Å². The number of amides is 4. The van der Waals surface area contributed by atoms with Crippen LogP contribution in [0.3, 0.4) is 0 Å². The number of imide groups is 2. The van der Waals surface area contributed by atoms with E-state index in [4.69, 9.17) is 5.73 Å². The van der Waals surface area contributed by atoms with Crippen molar-refractivity contribution in [3.8, 4) is 0 Å². The molecule has 1 aromatic carbocycles. The van der Waals surface area contributed by atoms with Gasteiger partial charge in [0.1, 0.15) is 6.04 Å². The second-order valence-electron chi connectivity index (χ2n) is 6.94. The average Bonchev–Trinajstić information content (AvgIpc) is 2.85. The van der Waals surface area contributed by atoms with E-state index in [1.807, 2.05) is 0 Å². The number of carbonyl (C=O) groups excluding carboxylic acids is 4. The number of rotatable bonds is 6. The number of hydrogen-bond donors (Lipinski definition) is 2. The topological polar surface area (TPSA) is 113 Å². The van der Waals surface area contributed by atoms with E-state index in [2.05, 4.69) is 5.32 Å². The summed E-state index contributed by atoms with van der Waals surface area (Å²) in [6.45, 7) is -1.23. The summed E-state index contributed by atoms with van der Waals surface area (Å²) in [5, 5.41) is 2.10. The average molecular weight is 412 g/mol. The molecule has 0 radical (unpaired) electrons. The van der Waals surface area contributed by atoms with Crippen molar-refractivity contribution in [1.82, 2.24) is 15.1 Å². The second kappa shape index (κ2) is 7.91. The number of carbonyl (C=O) groups is 4. The third-order valence-corrected chi connectivity index (χ3v) is 4.76. The van der Waals surface area contributed by atoms with Crippen molar-refractivity contribution in [3.63, 3.8) is 0 Å². The summed E-state index contributed by atoms with van der Waals surface area (Å²) >= 11 is 0. The summed E-state index contributed by atoms with van der Waals surface area (Å²) in [7, 11) is 0. The van der Waals surface area contributed by atoms with Crippen molar-refractivity contribution in [2.45, 2.75) is 31.6 Å². The zero-order chi connectivity index (χ0) is 21.3. The van der Waals surface area contributed by atoms with Gasteiger partial charge in [-0.15, -0.1) is 0 Å². The summed E-state index contributed by atoms with van der Waals surface area (Å²) in [5.41, 5.74) is 5.89. The maximum absolute atomic E-state index is 12.8. The number of fused-ring (bicyclic) bond motifs is 1. The highest BCUT2D eigenvalue weighted by atomic mass is 19.4. The van der Waals surface area contributed by atoms with Gasteiger partial charge in [-0.05, 0) is 24.1 Å². The van der Waals surface area contributed by atoms with E-state index in [9.17, 15) is 32.3 Å². The minimum absolute atomic E-state index is 0.000549. The van der Waals surface area contributed by atoms with Gasteiger partial charge < -0.3 is 5.73 Å². The van der Waals surface area contributed by atoms with Crippen LogP contribution < -0.4 is 11.1 Å². The molecule has 1 fully saturated rings. The summed E-state index contributed by atoms with van der Waals surface area (Å²) in [5.74, 6) is -2.58. The van der Waals surface area contributed by atoms with Gasteiger partial charge in [0.05, 0.1) is 17.7 Å². The van der Waals surface area contributed by atoms with Crippen LogP contribution in [0.4, 0.5) is 13.2 Å². The maximum Gasteiger partial charge on any atom is 0.401 e. The highest BCUT2D eigenvalue weighted by molar-refractivity contribution is 6.23. The van der Waals surface area contributed by atoms with Crippen LogP contribution in [0.1, 0.15) is 39.1 Å². The van der Waals surface area contributed by atoms with Crippen LogP contribution in [0, 0.1) is 0 Å². The van der Waals surface area contributed by atoms with E-state index < -0.39 is 42.4 Å². The largest absolute Gasteiger partial charge is 0.401 e. The molecule has 0 saturated carbocycles. The van der Waals surface area contributed by atoms with Gasteiger partial charge in [-0.1, -0.05) is 6.07 Å². The lowest BCUT2D eigenvalue weighted by Crippen LogP contribution is -2.54. The number of nitrogens with one attached hydrogen (secondary N) is 1. The first-order valence-electron chi connectivity index (χ1n) is 8.94. The molecule has 1 atom stereocenters. The third kappa shape index (κ3) is 4.46. The Balaban J connectivity index is 1.81. The Kier molecular flexibility index (Phi) is 5.71. The summed E-state index contributed by atoms with van der Waals surface area (Å²) in [6.07, 6.45) is -4.38. The minimum atomic E-state index is -4.40. The van der Waals surface area contributed by atoms with E-state index in [1.165, 1.54) is 18.2 Å². The normalized spacial score (nSPS) is 19.8. The van der Waals surface area contributed by atoms with Crippen LogP contribution in [-0.4, -0.2) is 65.3 Å². The molecule has 0 aromatic heterocycles. The Hall–Kier alpha value is -2.79. The SMILES string of the molecule is NCCN(Cc1ccc2c(c1)C(=O)N(C1CCC(=O)NC1=O)C2=O)CC(F)(F)F. The van der Waals surface area contributed by atoms with Crippen LogP contribution in [0.2, 0.25) is 0 Å². The zero-order valence-corrected chi connectivity index (χ0v) is 15.3. The van der Waals surface area contributed by atoms with Gasteiger partial charge in [0, 0.05) is 26.1 Å². The monoisotopic (exact) mass is 412 g/mol. The van der Waals surface area contributed by atoms with Gasteiger partial charge in [0.2, 0.25) is 11.8 Å². The van der Waals surface area contributed by atoms with Gasteiger partial charge in [0.25, 0.3) is 11.8 Å². The predicted octanol–water partition coefficient (Wildman–Crippen LogP) is 0.411. The van der Waals surface area contributed by atoms with Gasteiger partial charge in [-0.25, -0.2) is 0 Å². The Morgan fingerprint density at radius 3 is 2.45 bits per heavy atom. The highest BCUT2D eigenvalue weighted by Crippen LogP contribution is 2.29. The molecule has 2 heterocycles. The molecule has 8 nitrogen and oxygen atoms in total. The summed E-state index contributed by atoms with van der Waals surface area (Å²) in [4.78, 5) is 50.6. The lowest BCUT2D eigenvalue weighted by atomic mass is 10.0. The fourth-order valence-corrected chi connectivity index (χ4v) is 3.52. The third-order valence-electron chi connectivity index (χ3n) is 4.76. The van der Waals surface area contributed by atoms with Crippen molar-refractivity contribution in [3.05, 3.63) is 34.9 Å². The predicted molar refractivity (Wildman–Crippen MR) is 93.5 cm³/mol. The lowest BCUT2D eigenvalue weighted by Gasteiger charge is -2.27. The van der Waals surface area contributed by atoms with Crippen molar-refractivity contribution >= 4 is 23.6 Å². The molecular weight excluding hydrogens is 393 g/mol. The van der Waals surface area contributed by atoms with Gasteiger partial charge in [-0.3, -0.25) is 34.3 Å². The standard InChI is InChI=1S/C18H19F3N4O4/c19-18(20,21)9-24(6-5-22)8-10-1-2-11-12(7-10)17(29)25(16(11)28)13-3-4-14(26)23-15(13)27/h1-2,7,13H,3-6,8-9,22H2,(H,23,26,27). The molecule has 29 heavy (non-hydrogen) atoms. The van der Waals surface area contributed by atoms with Gasteiger partial charge in [0.15, 0.2) is 0 Å². The van der Waals surface area contributed by atoms with Crippen LogP contribution in [0.15, 0.2) is 18.2 Å². The number of piperidine rings is 1. The molecule has 1 aromatic rings. The number of nitrogens with zero attached hydrogens (tertiary/aromatic N) is 2. The molecule has 2 aliphatic rings. The van der Waals surface area contributed by atoms with Crippen LogP contribution in [0.5, 0.6) is 0 Å². The molecule has 0 aliphatic carbocycles. The van der Waals surface area contributed by atoms with Crippen molar-refractivity contribution < 1.29 is 32.3 Å².